The molecule has 1 N–H and O–H groups in total. The first-order valence-electron chi connectivity index (χ1n) is 8.42. The van der Waals surface area contributed by atoms with Crippen molar-refractivity contribution in [3.05, 3.63) is 53.9 Å². The first-order chi connectivity index (χ1) is 11.9. The lowest BCUT2D eigenvalue weighted by atomic mass is 9.94. The normalized spacial score (nSPS) is 18.9. The molecule has 0 aliphatic carbocycles. The van der Waals surface area contributed by atoms with Crippen LogP contribution in [0.3, 0.4) is 0 Å². The average molecular weight is 355 g/mol. The zero-order valence-corrected chi connectivity index (χ0v) is 15.2. The number of hydrogen-bond donors (Lipinski definition) is 1. The van der Waals surface area contributed by atoms with Gasteiger partial charge in [0.1, 0.15) is 0 Å². The van der Waals surface area contributed by atoms with Gasteiger partial charge in [-0.1, -0.05) is 6.07 Å². The van der Waals surface area contributed by atoms with Crippen LogP contribution in [0.2, 0.25) is 0 Å². The summed E-state index contributed by atoms with van der Waals surface area (Å²) in [6.45, 7) is 4.13. The molecular formula is C19H21N3O2S. The van der Waals surface area contributed by atoms with Gasteiger partial charge in [0.25, 0.3) is 0 Å². The monoisotopic (exact) mass is 355 g/mol. The summed E-state index contributed by atoms with van der Waals surface area (Å²) in [5.41, 5.74) is 3.78. The zero-order valence-electron chi connectivity index (χ0n) is 14.4. The highest BCUT2D eigenvalue weighted by molar-refractivity contribution is 7.91. The van der Waals surface area contributed by atoms with E-state index < -0.39 is 9.84 Å². The summed E-state index contributed by atoms with van der Waals surface area (Å²) in [6.07, 6.45) is 2.69. The van der Waals surface area contributed by atoms with Crippen molar-refractivity contribution in [1.29, 1.82) is 0 Å². The van der Waals surface area contributed by atoms with Gasteiger partial charge in [-0.25, -0.2) is 13.4 Å². The van der Waals surface area contributed by atoms with Crippen LogP contribution in [-0.4, -0.2) is 43.4 Å². The van der Waals surface area contributed by atoms with E-state index in [1.54, 1.807) is 36.7 Å². The van der Waals surface area contributed by atoms with E-state index in [2.05, 4.69) is 21.9 Å². The average Bonchev–Trinajstić information content (AvgIpc) is 3.22. The third-order valence-corrected chi connectivity index (χ3v) is 6.83. The van der Waals surface area contributed by atoms with Gasteiger partial charge < -0.3 is 9.88 Å². The Balaban J connectivity index is 1.71. The third-order valence-electron chi connectivity index (χ3n) is 5.09. The Kier molecular flexibility index (Phi) is 3.89. The Bertz CT molecular complexity index is 1040. The summed E-state index contributed by atoms with van der Waals surface area (Å²) < 4.78 is 26.0. The molecule has 25 heavy (non-hydrogen) atoms. The Labute approximate surface area is 147 Å². The van der Waals surface area contributed by atoms with Gasteiger partial charge in [-0.15, -0.1) is 0 Å². The van der Waals surface area contributed by atoms with Crippen LogP contribution in [-0.2, 0) is 9.84 Å². The predicted molar refractivity (Wildman–Crippen MR) is 97.6 cm³/mol. The molecule has 2 heterocycles. The van der Waals surface area contributed by atoms with Crippen LogP contribution in [0.15, 0.2) is 52.5 Å². The van der Waals surface area contributed by atoms with Crippen LogP contribution in [0, 0.1) is 6.92 Å². The Hall–Kier alpha value is -2.18. The van der Waals surface area contributed by atoms with Crippen molar-refractivity contribution < 1.29 is 8.42 Å². The number of fused-ring (bicyclic) bond motifs is 1. The van der Waals surface area contributed by atoms with E-state index in [1.807, 2.05) is 13.0 Å². The Morgan fingerprint density at radius 1 is 1.16 bits per heavy atom. The number of nitrogens with zero attached hydrogens (tertiary/aromatic N) is 2. The van der Waals surface area contributed by atoms with E-state index in [1.165, 1.54) is 5.56 Å². The summed E-state index contributed by atoms with van der Waals surface area (Å²) in [4.78, 5) is 10.1. The number of aryl methyl sites for hydroxylation is 1. The maximum absolute atomic E-state index is 13.0. The van der Waals surface area contributed by atoms with E-state index in [9.17, 15) is 8.42 Å². The lowest BCUT2D eigenvalue weighted by Gasteiger charge is -2.15. The number of rotatable bonds is 3. The molecule has 6 heteroatoms. The standard InChI is InChI=1S/C19H21N3O2S/c1-13-9-15(3-5-17(13)14-7-8-22(2)11-14)25(23,24)16-4-6-18-19(10-16)21-12-20-18/h3-6,9-10,12,14H,7-8,11H2,1-2H3,(H,20,21). The maximum Gasteiger partial charge on any atom is 0.206 e. The van der Waals surface area contributed by atoms with Crippen molar-refractivity contribution in [3.63, 3.8) is 0 Å². The highest BCUT2D eigenvalue weighted by Crippen LogP contribution is 2.31. The van der Waals surface area contributed by atoms with Crippen molar-refractivity contribution in [1.82, 2.24) is 14.9 Å². The fourth-order valence-corrected chi connectivity index (χ4v) is 5.04. The van der Waals surface area contributed by atoms with Crippen LogP contribution in [0.4, 0.5) is 0 Å². The SMILES string of the molecule is Cc1cc(S(=O)(=O)c2ccc3[nH]cnc3c2)ccc1C1CCN(C)C1. The number of benzene rings is 2. The van der Waals surface area contributed by atoms with Gasteiger partial charge in [-0.3, -0.25) is 0 Å². The molecule has 1 aromatic heterocycles. The smallest absolute Gasteiger partial charge is 0.206 e. The molecule has 1 aliphatic rings. The minimum atomic E-state index is -3.55. The highest BCUT2D eigenvalue weighted by atomic mass is 32.2. The maximum atomic E-state index is 13.0. The number of aromatic amines is 1. The summed E-state index contributed by atoms with van der Waals surface area (Å²) in [6, 6.07) is 10.5. The molecule has 2 aromatic carbocycles. The van der Waals surface area contributed by atoms with Gasteiger partial charge in [0.15, 0.2) is 0 Å². The second-order valence-corrected chi connectivity index (χ2v) is 8.80. The van der Waals surface area contributed by atoms with Gasteiger partial charge in [0.05, 0.1) is 27.2 Å². The molecule has 1 aliphatic heterocycles. The van der Waals surface area contributed by atoms with Gasteiger partial charge in [-0.05, 0) is 74.3 Å². The zero-order chi connectivity index (χ0) is 17.6. The molecular weight excluding hydrogens is 334 g/mol. The number of likely N-dealkylation sites (N-methyl/N-ethyl adjacent to an activating group) is 1. The lowest BCUT2D eigenvalue weighted by Crippen LogP contribution is -2.13. The summed E-state index contributed by atoms with van der Waals surface area (Å²) in [7, 11) is -1.42. The highest BCUT2D eigenvalue weighted by Gasteiger charge is 2.24. The molecule has 1 unspecified atom stereocenters. The minimum absolute atomic E-state index is 0.278. The number of aromatic nitrogens is 2. The number of hydrogen-bond acceptors (Lipinski definition) is 4. The van der Waals surface area contributed by atoms with Crippen LogP contribution in [0.1, 0.15) is 23.5 Å². The summed E-state index contributed by atoms with van der Waals surface area (Å²) in [5, 5.41) is 0. The number of nitrogens with one attached hydrogen (secondary N) is 1. The summed E-state index contributed by atoms with van der Waals surface area (Å²) >= 11 is 0. The molecule has 0 radical (unpaired) electrons. The molecule has 1 fully saturated rings. The van der Waals surface area contributed by atoms with Crippen molar-refractivity contribution in [2.75, 3.05) is 20.1 Å². The van der Waals surface area contributed by atoms with Crippen molar-refractivity contribution in [2.24, 2.45) is 0 Å². The molecule has 3 aromatic rings. The topological polar surface area (TPSA) is 66.1 Å². The van der Waals surface area contributed by atoms with Crippen LogP contribution >= 0.6 is 0 Å². The van der Waals surface area contributed by atoms with Crippen LogP contribution in [0.5, 0.6) is 0 Å². The summed E-state index contributed by atoms with van der Waals surface area (Å²) in [5.74, 6) is 0.488. The van der Waals surface area contributed by atoms with Gasteiger partial charge in [0, 0.05) is 6.54 Å². The van der Waals surface area contributed by atoms with Crippen molar-refractivity contribution in [3.8, 4) is 0 Å². The number of imidazole rings is 1. The largest absolute Gasteiger partial charge is 0.345 e. The Morgan fingerprint density at radius 3 is 2.64 bits per heavy atom. The number of H-pyrrole nitrogens is 1. The second kappa shape index (κ2) is 5.97. The lowest BCUT2D eigenvalue weighted by molar-refractivity contribution is 0.411. The predicted octanol–water partition coefficient (Wildman–Crippen LogP) is 3.12. The molecule has 5 nitrogen and oxygen atoms in total. The van der Waals surface area contributed by atoms with E-state index in [-0.39, 0.29) is 4.90 Å². The molecule has 1 saturated heterocycles. The van der Waals surface area contributed by atoms with Crippen molar-refractivity contribution in [2.45, 2.75) is 29.1 Å². The van der Waals surface area contributed by atoms with Crippen LogP contribution in [0.25, 0.3) is 11.0 Å². The molecule has 4 rings (SSSR count). The molecule has 130 valence electrons. The van der Waals surface area contributed by atoms with Gasteiger partial charge in [-0.2, -0.15) is 0 Å². The fourth-order valence-electron chi connectivity index (χ4n) is 3.68. The van der Waals surface area contributed by atoms with E-state index in [0.717, 1.165) is 30.6 Å². The first-order valence-corrected chi connectivity index (χ1v) is 9.91. The molecule has 0 spiro atoms. The molecule has 0 bridgehead atoms. The van der Waals surface area contributed by atoms with E-state index in [4.69, 9.17) is 0 Å². The minimum Gasteiger partial charge on any atom is -0.345 e. The van der Waals surface area contributed by atoms with Gasteiger partial charge in [0.2, 0.25) is 9.84 Å². The molecule has 0 saturated carbocycles. The molecule has 0 amide bonds. The molecule has 1 atom stereocenters. The van der Waals surface area contributed by atoms with E-state index >= 15 is 0 Å². The van der Waals surface area contributed by atoms with Crippen LogP contribution < -0.4 is 0 Å². The van der Waals surface area contributed by atoms with E-state index in [0.29, 0.717) is 16.3 Å². The Morgan fingerprint density at radius 2 is 1.92 bits per heavy atom. The number of sulfone groups is 1. The first kappa shape index (κ1) is 16.3. The third kappa shape index (κ3) is 2.85. The fraction of sp³-hybridized carbons (Fsp3) is 0.316. The number of likely N-dealkylation sites (tertiary alicyclic amines) is 1. The van der Waals surface area contributed by atoms with Gasteiger partial charge >= 0.3 is 0 Å². The quantitative estimate of drug-likeness (QED) is 0.784. The second-order valence-electron chi connectivity index (χ2n) is 6.85. The van der Waals surface area contributed by atoms with Crippen molar-refractivity contribution >= 4 is 20.9 Å².